The van der Waals surface area contributed by atoms with Gasteiger partial charge in [0.15, 0.2) is 0 Å². The molecule has 2 heterocycles. The summed E-state index contributed by atoms with van der Waals surface area (Å²) in [5.41, 5.74) is 0.999. The number of morpholine rings is 1. The lowest BCUT2D eigenvalue weighted by molar-refractivity contribution is 0.0679. The highest BCUT2D eigenvalue weighted by Gasteiger charge is 2.26. The summed E-state index contributed by atoms with van der Waals surface area (Å²) in [6, 6.07) is 13.1. The van der Waals surface area contributed by atoms with Crippen LogP contribution in [0.3, 0.4) is 0 Å². The van der Waals surface area contributed by atoms with Crippen molar-refractivity contribution in [1.82, 2.24) is 4.31 Å². The van der Waals surface area contributed by atoms with Gasteiger partial charge in [0, 0.05) is 30.9 Å². The molecule has 0 saturated carbocycles. The molecule has 0 radical (unpaired) electrons. The highest BCUT2D eigenvalue weighted by atomic mass is 32.2. The quantitative estimate of drug-likeness (QED) is 0.702. The van der Waals surface area contributed by atoms with E-state index in [0.29, 0.717) is 49.9 Å². The lowest BCUT2D eigenvalue weighted by atomic mass is 10.2. The fourth-order valence-electron chi connectivity index (χ4n) is 3.52. The molecule has 9 heteroatoms. The summed E-state index contributed by atoms with van der Waals surface area (Å²) in [5.74, 6) is 0.402. The van der Waals surface area contributed by atoms with E-state index in [2.05, 4.69) is 5.32 Å². The summed E-state index contributed by atoms with van der Waals surface area (Å²) < 4.78 is 43.2. The predicted octanol–water partition coefficient (Wildman–Crippen LogP) is 2.52. The fraction of sp³-hybridized carbons (Fsp3) is 0.409. The minimum absolute atomic E-state index is 0.137. The van der Waals surface area contributed by atoms with Gasteiger partial charge in [0.2, 0.25) is 10.0 Å². The van der Waals surface area contributed by atoms with Crippen LogP contribution in [0.2, 0.25) is 0 Å². The Labute approximate surface area is 182 Å². The number of anilines is 1. The molecule has 2 aromatic rings. The number of sulfonamides is 1. The second-order valence-corrected chi connectivity index (χ2v) is 9.40. The molecule has 31 heavy (non-hydrogen) atoms. The first-order valence-corrected chi connectivity index (χ1v) is 11.8. The second-order valence-electron chi connectivity index (χ2n) is 7.47. The van der Waals surface area contributed by atoms with Crippen molar-refractivity contribution >= 4 is 21.6 Å². The number of benzene rings is 2. The van der Waals surface area contributed by atoms with Gasteiger partial charge in [-0.15, -0.1) is 0 Å². The van der Waals surface area contributed by atoms with Crippen molar-refractivity contribution < 1.29 is 27.4 Å². The largest absolute Gasteiger partial charge is 0.491 e. The molecule has 0 spiro atoms. The van der Waals surface area contributed by atoms with E-state index < -0.39 is 10.0 Å². The Morgan fingerprint density at radius 3 is 2.39 bits per heavy atom. The van der Waals surface area contributed by atoms with Gasteiger partial charge in [-0.25, -0.2) is 8.42 Å². The molecule has 0 aromatic heterocycles. The summed E-state index contributed by atoms with van der Waals surface area (Å²) in [4.78, 5) is 12.7. The topological polar surface area (TPSA) is 94.2 Å². The molecule has 2 aromatic carbocycles. The highest BCUT2D eigenvalue weighted by molar-refractivity contribution is 7.89. The summed E-state index contributed by atoms with van der Waals surface area (Å²) in [6.45, 7) is 2.76. The fourth-order valence-corrected chi connectivity index (χ4v) is 4.92. The smallest absolute Gasteiger partial charge is 0.255 e. The zero-order valence-corrected chi connectivity index (χ0v) is 18.0. The Kier molecular flexibility index (Phi) is 6.86. The van der Waals surface area contributed by atoms with Gasteiger partial charge in [0.1, 0.15) is 12.4 Å². The molecule has 2 saturated heterocycles. The Morgan fingerprint density at radius 1 is 1.03 bits per heavy atom. The van der Waals surface area contributed by atoms with Crippen LogP contribution in [0.4, 0.5) is 5.69 Å². The van der Waals surface area contributed by atoms with E-state index in [9.17, 15) is 13.2 Å². The van der Waals surface area contributed by atoms with Crippen LogP contribution in [0, 0.1) is 0 Å². The van der Waals surface area contributed by atoms with Gasteiger partial charge in [-0.1, -0.05) is 0 Å². The number of carbonyl (C=O) groups excluding carboxylic acids is 1. The lowest BCUT2D eigenvalue weighted by Gasteiger charge is -2.26. The molecular weight excluding hydrogens is 420 g/mol. The van der Waals surface area contributed by atoms with Crippen molar-refractivity contribution in [2.24, 2.45) is 0 Å². The number of rotatable bonds is 7. The van der Waals surface area contributed by atoms with Crippen molar-refractivity contribution in [3.63, 3.8) is 0 Å². The van der Waals surface area contributed by atoms with Gasteiger partial charge in [0.05, 0.1) is 24.2 Å². The van der Waals surface area contributed by atoms with Crippen LogP contribution < -0.4 is 10.1 Å². The number of hydrogen-bond donors (Lipinski definition) is 1. The van der Waals surface area contributed by atoms with E-state index in [1.54, 1.807) is 36.4 Å². The van der Waals surface area contributed by atoms with Crippen molar-refractivity contribution in [3.05, 3.63) is 54.1 Å². The zero-order valence-electron chi connectivity index (χ0n) is 17.2. The standard InChI is InChI=1S/C22H26N2O6S/c25-22(17-3-7-19(8-4-17)30-16-20-2-1-13-29-20)23-18-5-9-21(10-6-18)31(26,27)24-11-14-28-15-12-24/h3-10,20H,1-2,11-16H2,(H,23,25). The summed E-state index contributed by atoms with van der Waals surface area (Å²) >= 11 is 0. The molecule has 1 amide bonds. The molecule has 0 aliphatic carbocycles. The number of hydrogen-bond acceptors (Lipinski definition) is 6. The van der Waals surface area contributed by atoms with Crippen molar-refractivity contribution in [2.45, 2.75) is 23.8 Å². The Bertz CT molecular complexity index is 980. The zero-order chi connectivity index (χ0) is 21.7. The SMILES string of the molecule is O=C(Nc1ccc(S(=O)(=O)N2CCOCC2)cc1)c1ccc(OCC2CCCO2)cc1. The molecule has 1 atom stereocenters. The van der Waals surface area contributed by atoms with E-state index in [1.807, 2.05) is 0 Å². The monoisotopic (exact) mass is 446 g/mol. The van der Waals surface area contributed by atoms with Crippen molar-refractivity contribution in [3.8, 4) is 5.75 Å². The molecule has 2 fully saturated rings. The summed E-state index contributed by atoms with van der Waals surface area (Å²) in [7, 11) is -3.56. The number of carbonyl (C=O) groups is 1. The third-order valence-corrected chi connectivity index (χ3v) is 7.21. The third-order valence-electron chi connectivity index (χ3n) is 5.30. The van der Waals surface area contributed by atoms with E-state index in [0.717, 1.165) is 19.4 Å². The average molecular weight is 447 g/mol. The van der Waals surface area contributed by atoms with Crippen LogP contribution in [-0.2, 0) is 19.5 Å². The molecule has 2 aliphatic heterocycles. The number of nitrogens with one attached hydrogen (secondary N) is 1. The Balaban J connectivity index is 1.33. The minimum Gasteiger partial charge on any atom is -0.491 e. The maximum atomic E-state index is 12.7. The lowest BCUT2D eigenvalue weighted by Crippen LogP contribution is -2.40. The highest BCUT2D eigenvalue weighted by Crippen LogP contribution is 2.21. The van der Waals surface area contributed by atoms with Gasteiger partial charge in [-0.05, 0) is 61.4 Å². The van der Waals surface area contributed by atoms with Gasteiger partial charge < -0.3 is 19.5 Å². The first-order valence-electron chi connectivity index (χ1n) is 10.4. The van der Waals surface area contributed by atoms with Gasteiger partial charge >= 0.3 is 0 Å². The molecular formula is C22H26N2O6S. The molecule has 0 bridgehead atoms. The first-order chi connectivity index (χ1) is 15.0. The maximum Gasteiger partial charge on any atom is 0.255 e. The third kappa shape index (κ3) is 5.43. The maximum absolute atomic E-state index is 12.7. The molecule has 4 rings (SSSR count). The van der Waals surface area contributed by atoms with Gasteiger partial charge in [0.25, 0.3) is 5.91 Å². The predicted molar refractivity (Wildman–Crippen MR) is 115 cm³/mol. The van der Waals surface area contributed by atoms with Crippen LogP contribution in [0.5, 0.6) is 5.75 Å². The Hall–Kier alpha value is -2.46. The summed E-state index contributed by atoms with van der Waals surface area (Å²) in [6.07, 6.45) is 2.21. The van der Waals surface area contributed by atoms with Gasteiger partial charge in [-0.3, -0.25) is 4.79 Å². The molecule has 2 aliphatic rings. The van der Waals surface area contributed by atoms with E-state index in [-0.39, 0.29) is 16.9 Å². The van der Waals surface area contributed by atoms with Crippen molar-refractivity contribution in [1.29, 1.82) is 0 Å². The van der Waals surface area contributed by atoms with Crippen LogP contribution in [0.1, 0.15) is 23.2 Å². The number of ether oxygens (including phenoxy) is 3. The Morgan fingerprint density at radius 2 is 1.74 bits per heavy atom. The van der Waals surface area contributed by atoms with Crippen LogP contribution in [0.15, 0.2) is 53.4 Å². The number of nitrogens with zero attached hydrogens (tertiary/aromatic N) is 1. The molecule has 1 N–H and O–H groups in total. The molecule has 166 valence electrons. The van der Waals surface area contributed by atoms with E-state index >= 15 is 0 Å². The van der Waals surface area contributed by atoms with Crippen molar-refractivity contribution in [2.75, 3.05) is 44.8 Å². The van der Waals surface area contributed by atoms with Crippen LogP contribution in [-0.4, -0.2) is 64.3 Å². The number of amides is 1. The second kappa shape index (κ2) is 9.78. The van der Waals surface area contributed by atoms with E-state index in [4.69, 9.17) is 14.2 Å². The first kappa shape index (κ1) is 21.8. The van der Waals surface area contributed by atoms with Crippen LogP contribution >= 0.6 is 0 Å². The van der Waals surface area contributed by atoms with E-state index in [1.165, 1.54) is 16.4 Å². The average Bonchev–Trinajstić information content (AvgIpc) is 3.33. The van der Waals surface area contributed by atoms with Gasteiger partial charge in [-0.2, -0.15) is 4.31 Å². The summed E-state index contributed by atoms with van der Waals surface area (Å²) in [5, 5.41) is 2.78. The molecule has 1 unspecified atom stereocenters. The van der Waals surface area contributed by atoms with Crippen LogP contribution in [0.25, 0.3) is 0 Å². The minimum atomic E-state index is -3.56. The molecule has 8 nitrogen and oxygen atoms in total. The normalized spacial score (nSPS) is 19.8.